The van der Waals surface area contributed by atoms with Crippen molar-refractivity contribution in [3.8, 4) is 11.3 Å². The zero-order valence-electron chi connectivity index (χ0n) is 15.2. The van der Waals surface area contributed by atoms with Gasteiger partial charge in [-0.25, -0.2) is 0 Å². The van der Waals surface area contributed by atoms with E-state index in [1.165, 1.54) is 17.1 Å². The molecule has 29 heavy (non-hydrogen) atoms. The number of rotatable bonds is 4. The van der Waals surface area contributed by atoms with Crippen LogP contribution in [0, 0.1) is 10.1 Å². The van der Waals surface area contributed by atoms with E-state index in [1.807, 2.05) is 30.3 Å². The maximum atomic E-state index is 12.8. The molecule has 0 fully saturated rings. The van der Waals surface area contributed by atoms with E-state index in [9.17, 15) is 14.9 Å². The lowest BCUT2D eigenvalue weighted by Gasteiger charge is -2.10. The SMILES string of the molecule is CC1=NN(c2ccccc2)C(=O)C1=Cc1ccc(-c2ccc([N+](=O)[O-])cc2Br)o1. The van der Waals surface area contributed by atoms with Gasteiger partial charge >= 0.3 is 0 Å². The molecule has 1 aliphatic heterocycles. The molecule has 0 aliphatic carbocycles. The van der Waals surface area contributed by atoms with Gasteiger partial charge in [0.2, 0.25) is 0 Å². The van der Waals surface area contributed by atoms with Gasteiger partial charge < -0.3 is 4.42 Å². The molecule has 1 aromatic heterocycles. The van der Waals surface area contributed by atoms with Gasteiger partial charge in [-0.2, -0.15) is 10.1 Å². The van der Waals surface area contributed by atoms with E-state index >= 15 is 0 Å². The molecule has 0 radical (unpaired) electrons. The Kier molecular flexibility index (Phi) is 4.85. The predicted octanol–water partition coefficient (Wildman–Crippen LogP) is 5.42. The van der Waals surface area contributed by atoms with Crippen LogP contribution < -0.4 is 5.01 Å². The topological polar surface area (TPSA) is 89.0 Å². The summed E-state index contributed by atoms with van der Waals surface area (Å²) < 4.78 is 6.39. The Morgan fingerprint density at radius 3 is 2.59 bits per heavy atom. The summed E-state index contributed by atoms with van der Waals surface area (Å²) in [6.07, 6.45) is 1.65. The molecule has 0 spiro atoms. The summed E-state index contributed by atoms with van der Waals surface area (Å²) in [4.78, 5) is 23.2. The number of halogens is 1. The first kappa shape index (κ1) is 18.8. The Morgan fingerprint density at radius 1 is 1.14 bits per heavy atom. The van der Waals surface area contributed by atoms with Crippen molar-refractivity contribution in [3.63, 3.8) is 0 Å². The van der Waals surface area contributed by atoms with Crippen LogP contribution in [0.15, 0.2) is 80.2 Å². The van der Waals surface area contributed by atoms with Crippen molar-refractivity contribution in [1.82, 2.24) is 0 Å². The fourth-order valence-electron chi connectivity index (χ4n) is 2.96. The van der Waals surface area contributed by atoms with Crippen LogP contribution in [0.4, 0.5) is 11.4 Å². The molecule has 2 heterocycles. The number of nitrogens with zero attached hydrogens (tertiary/aromatic N) is 3. The quantitative estimate of drug-likeness (QED) is 0.300. The molecular weight excluding hydrogens is 438 g/mol. The summed E-state index contributed by atoms with van der Waals surface area (Å²) in [5.41, 5.74) is 2.38. The fourth-order valence-corrected chi connectivity index (χ4v) is 3.53. The van der Waals surface area contributed by atoms with Gasteiger partial charge in [0.1, 0.15) is 11.5 Å². The molecule has 8 heteroatoms. The van der Waals surface area contributed by atoms with Crippen LogP contribution in [0.25, 0.3) is 17.4 Å². The van der Waals surface area contributed by atoms with Gasteiger partial charge in [-0.1, -0.05) is 18.2 Å². The van der Waals surface area contributed by atoms with E-state index in [2.05, 4.69) is 21.0 Å². The number of anilines is 1. The molecule has 1 amide bonds. The van der Waals surface area contributed by atoms with Crippen LogP contribution in [0.3, 0.4) is 0 Å². The molecule has 0 atom stereocenters. The standard InChI is InChI=1S/C21H14BrN3O4/c1-13-18(21(26)24(23-13)14-5-3-2-4-6-14)12-16-8-10-20(29-16)17-9-7-15(25(27)28)11-19(17)22/h2-12H,1H3. The van der Waals surface area contributed by atoms with Gasteiger partial charge in [0.05, 0.1) is 21.9 Å². The van der Waals surface area contributed by atoms with Gasteiger partial charge in [0, 0.05) is 22.2 Å². The lowest BCUT2D eigenvalue weighted by Crippen LogP contribution is -2.21. The first-order valence-electron chi connectivity index (χ1n) is 8.65. The molecule has 1 aliphatic rings. The third kappa shape index (κ3) is 3.62. The Hall–Kier alpha value is -3.52. The molecule has 0 N–H and O–H groups in total. The van der Waals surface area contributed by atoms with Crippen molar-refractivity contribution in [1.29, 1.82) is 0 Å². The Morgan fingerprint density at radius 2 is 1.90 bits per heavy atom. The molecular formula is C21H14BrN3O4. The minimum absolute atomic E-state index is 0.0149. The molecule has 0 bridgehead atoms. The molecule has 3 aromatic rings. The molecule has 0 saturated heterocycles. The number of nitro benzene ring substituents is 1. The first-order chi connectivity index (χ1) is 13.9. The first-order valence-corrected chi connectivity index (χ1v) is 9.44. The van der Waals surface area contributed by atoms with Crippen molar-refractivity contribution in [2.75, 3.05) is 5.01 Å². The highest BCUT2D eigenvalue weighted by atomic mass is 79.9. The summed E-state index contributed by atoms with van der Waals surface area (Å²) in [6, 6.07) is 17.1. The van der Waals surface area contributed by atoms with E-state index in [0.717, 1.165) is 0 Å². The number of non-ortho nitro benzene ring substituents is 1. The number of nitro groups is 1. The Labute approximate surface area is 174 Å². The highest BCUT2D eigenvalue weighted by Crippen LogP contribution is 2.33. The van der Waals surface area contributed by atoms with Crippen LogP contribution in [-0.2, 0) is 4.79 Å². The van der Waals surface area contributed by atoms with Crippen molar-refractivity contribution >= 4 is 45.0 Å². The van der Waals surface area contributed by atoms with Crippen LogP contribution >= 0.6 is 15.9 Å². The summed E-state index contributed by atoms with van der Waals surface area (Å²) in [5.74, 6) is 0.778. The molecule has 4 rings (SSSR count). The van der Waals surface area contributed by atoms with Crippen molar-refractivity contribution < 1.29 is 14.1 Å². The maximum Gasteiger partial charge on any atom is 0.280 e. The number of furan rings is 1. The molecule has 2 aromatic carbocycles. The molecule has 0 unspecified atom stereocenters. The molecule has 7 nitrogen and oxygen atoms in total. The normalized spacial score (nSPS) is 15.1. The van der Waals surface area contributed by atoms with Crippen molar-refractivity contribution in [2.45, 2.75) is 6.92 Å². The zero-order valence-corrected chi connectivity index (χ0v) is 16.8. The number of amides is 1. The smallest absolute Gasteiger partial charge is 0.280 e. The molecule has 144 valence electrons. The maximum absolute atomic E-state index is 12.8. The van der Waals surface area contributed by atoms with E-state index in [0.29, 0.717) is 38.5 Å². The largest absolute Gasteiger partial charge is 0.457 e. The monoisotopic (exact) mass is 451 g/mol. The highest BCUT2D eigenvalue weighted by Gasteiger charge is 2.29. The van der Waals surface area contributed by atoms with Crippen LogP contribution in [0.5, 0.6) is 0 Å². The fraction of sp³-hybridized carbons (Fsp3) is 0.0476. The number of hydrazone groups is 1. The number of hydrogen-bond acceptors (Lipinski definition) is 5. The van der Waals surface area contributed by atoms with Gasteiger partial charge in [-0.3, -0.25) is 14.9 Å². The second-order valence-corrected chi connectivity index (χ2v) is 7.17. The van der Waals surface area contributed by atoms with Gasteiger partial charge in [0.15, 0.2) is 0 Å². The van der Waals surface area contributed by atoms with E-state index in [4.69, 9.17) is 4.42 Å². The van der Waals surface area contributed by atoms with E-state index in [-0.39, 0.29) is 11.6 Å². The third-order valence-electron chi connectivity index (χ3n) is 4.41. The summed E-state index contributed by atoms with van der Waals surface area (Å²) in [7, 11) is 0. The van der Waals surface area contributed by atoms with Crippen LogP contribution in [0.2, 0.25) is 0 Å². The second kappa shape index (κ2) is 7.48. The summed E-state index contributed by atoms with van der Waals surface area (Å²) in [5, 5.41) is 16.6. The van der Waals surface area contributed by atoms with Gasteiger partial charge in [-0.05, 0) is 59.3 Å². The lowest BCUT2D eigenvalue weighted by atomic mass is 10.1. The lowest BCUT2D eigenvalue weighted by molar-refractivity contribution is -0.384. The average molecular weight is 452 g/mol. The molecule has 0 saturated carbocycles. The van der Waals surface area contributed by atoms with Crippen LogP contribution in [0.1, 0.15) is 12.7 Å². The Bertz CT molecular complexity index is 1180. The van der Waals surface area contributed by atoms with E-state index < -0.39 is 4.92 Å². The summed E-state index contributed by atoms with van der Waals surface area (Å²) >= 11 is 3.34. The number of hydrogen-bond donors (Lipinski definition) is 0. The third-order valence-corrected chi connectivity index (χ3v) is 5.06. The van der Waals surface area contributed by atoms with Crippen molar-refractivity contribution in [2.24, 2.45) is 5.10 Å². The van der Waals surface area contributed by atoms with E-state index in [1.54, 1.807) is 31.2 Å². The predicted molar refractivity (Wildman–Crippen MR) is 114 cm³/mol. The Balaban J connectivity index is 1.62. The number of carbonyl (C=O) groups excluding carboxylic acids is 1. The van der Waals surface area contributed by atoms with Gasteiger partial charge in [0.25, 0.3) is 11.6 Å². The minimum Gasteiger partial charge on any atom is -0.457 e. The summed E-state index contributed by atoms with van der Waals surface area (Å²) in [6.45, 7) is 1.77. The number of benzene rings is 2. The average Bonchev–Trinajstić information content (AvgIpc) is 3.28. The zero-order chi connectivity index (χ0) is 20.5. The highest BCUT2D eigenvalue weighted by molar-refractivity contribution is 9.10. The number of carbonyl (C=O) groups is 1. The van der Waals surface area contributed by atoms with Crippen molar-refractivity contribution in [3.05, 3.63) is 86.6 Å². The second-order valence-electron chi connectivity index (χ2n) is 6.32. The minimum atomic E-state index is -0.459. The number of para-hydroxylation sites is 1. The van der Waals surface area contributed by atoms with Crippen LogP contribution in [-0.4, -0.2) is 16.5 Å². The van der Waals surface area contributed by atoms with Gasteiger partial charge in [-0.15, -0.1) is 0 Å².